The van der Waals surface area contributed by atoms with Crippen molar-refractivity contribution in [1.29, 1.82) is 0 Å². The van der Waals surface area contributed by atoms with Crippen molar-refractivity contribution in [3.05, 3.63) is 78.2 Å². The minimum absolute atomic E-state index is 0.125. The summed E-state index contributed by atoms with van der Waals surface area (Å²) in [6.07, 6.45) is 5.64. The first-order valence-corrected chi connectivity index (χ1v) is 14.1. The van der Waals surface area contributed by atoms with Crippen molar-refractivity contribution in [2.75, 3.05) is 33.9 Å². The molecular formula is C32H39N5O3. The highest BCUT2D eigenvalue weighted by Gasteiger charge is 2.29. The molecule has 40 heavy (non-hydrogen) atoms. The van der Waals surface area contributed by atoms with E-state index in [1.165, 1.54) is 0 Å². The first-order valence-electron chi connectivity index (χ1n) is 14.1. The smallest absolute Gasteiger partial charge is 0.224 e. The van der Waals surface area contributed by atoms with Gasteiger partial charge in [0.2, 0.25) is 11.8 Å². The lowest BCUT2D eigenvalue weighted by Gasteiger charge is -2.33. The Hall–Kier alpha value is -3.75. The van der Waals surface area contributed by atoms with Gasteiger partial charge in [-0.3, -0.25) is 4.79 Å². The number of carbonyl (C=O) groups is 1. The van der Waals surface area contributed by atoms with Gasteiger partial charge in [0.1, 0.15) is 5.82 Å². The molecule has 0 radical (unpaired) electrons. The van der Waals surface area contributed by atoms with E-state index in [1.807, 2.05) is 23.1 Å². The van der Waals surface area contributed by atoms with Crippen LogP contribution >= 0.6 is 0 Å². The number of imidazole rings is 1. The van der Waals surface area contributed by atoms with Gasteiger partial charge in [-0.1, -0.05) is 36.4 Å². The SMILES string of the molecule is COCCCn1c(C2CCCN(C(=O)CC(N)Cc3ccc(-c4ccnc(OC)c4)cc3)C2)nc2ccccc21. The molecule has 8 heteroatoms. The van der Waals surface area contributed by atoms with Crippen molar-refractivity contribution < 1.29 is 14.3 Å². The number of ether oxygens (including phenoxy) is 2. The second-order valence-corrected chi connectivity index (χ2v) is 10.6. The predicted molar refractivity (Wildman–Crippen MR) is 157 cm³/mol. The van der Waals surface area contributed by atoms with Crippen molar-refractivity contribution in [3.8, 4) is 17.0 Å². The molecule has 210 valence electrons. The number of likely N-dealkylation sites (tertiary alicyclic amines) is 1. The number of rotatable bonds is 11. The zero-order valence-corrected chi connectivity index (χ0v) is 23.5. The molecule has 4 aromatic rings. The van der Waals surface area contributed by atoms with Crippen LogP contribution in [0.4, 0.5) is 0 Å². The molecule has 2 aromatic carbocycles. The van der Waals surface area contributed by atoms with Gasteiger partial charge in [-0.2, -0.15) is 0 Å². The molecule has 2 unspecified atom stereocenters. The summed E-state index contributed by atoms with van der Waals surface area (Å²) in [7, 11) is 3.35. The molecule has 5 rings (SSSR count). The van der Waals surface area contributed by atoms with Crippen LogP contribution in [0.5, 0.6) is 5.88 Å². The largest absolute Gasteiger partial charge is 0.481 e. The number of methoxy groups -OCH3 is 2. The Morgan fingerprint density at radius 2 is 1.93 bits per heavy atom. The van der Waals surface area contributed by atoms with Crippen LogP contribution in [0.1, 0.15) is 43.0 Å². The molecule has 1 saturated heterocycles. The van der Waals surface area contributed by atoms with Crippen molar-refractivity contribution in [2.45, 2.75) is 50.6 Å². The second kappa shape index (κ2) is 13.1. The monoisotopic (exact) mass is 541 g/mol. The van der Waals surface area contributed by atoms with Crippen LogP contribution in [-0.4, -0.2) is 65.3 Å². The van der Waals surface area contributed by atoms with E-state index < -0.39 is 0 Å². The number of hydrogen-bond donors (Lipinski definition) is 1. The molecular weight excluding hydrogens is 502 g/mol. The Labute approximate surface area is 236 Å². The summed E-state index contributed by atoms with van der Waals surface area (Å²) in [5.41, 5.74) is 11.9. The summed E-state index contributed by atoms with van der Waals surface area (Å²) in [5, 5.41) is 0. The Bertz CT molecular complexity index is 1420. The quantitative estimate of drug-likeness (QED) is 0.274. The van der Waals surface area contributed by atoms with E-state index in [2.05, 4.69) is 52.0 Å². The number of para-hydroxylation sites is 2. The highest BCUT2D eigenvalue weighted by atomic mass is 16.5. The lowest BCUT2D eigenvalue weighted by atomic mass is 9.95. The van der Waals surface area contributed by atoms with E-state index in [1.54, 1.807) is 20.4 Å². The molecule has 1 amide bonds. The number of carbonyl (C=O) groups excluding carboxylic acids is 1. The summed E-state index contributed by atoms with van der Waals surface area (Å²) < 4.78 is 12.9. The Morgan fingerprint density at radius 3 is 2.73 bits per heavy atom. The third-order valence-electron chi connectivity index (χ3n) is 7.72. The van der Waals surface area contributed by atoms with Gasteiger partial charge in [0.15, 0.2) is 0 Å². The normalized spacial score (nSPS) is 16.3. The van der Waals surface area contributed by atoms with E-state index in [0.717, 1.165) is 65.9 Å². The fraction of sp³-hybridized carbons (Fsp3) is 0.406. The number of aryl methyl sites for hydroxylation is 1. The summed E-state index contributed by atoms with van der Waals surface area (Å²) in [6, 6.07) is 20.2. The first-order chi connectivity index (χ1) is 19.6. The van der Waals surface area contributed by atoms with Gasteiger partial charge < -0.3 is 24.7 Å². The number of pyridine rings is 1. The van der Waals surface area contributed by atoms with Crippen LogP contribution in [0.25, 0.3) is 22.2 Å². The standard InChI is InChI=1S/C32H39N5O3/c1-39-18-6-17-37-29-9-4-3-8-28(29)35-32(37)26-7-5-16-36(22-26)31(38)21-27(33)19-23-10-12-24(13-11-23)25-14-15-34-30(20-25)40-2/h3-4,8-15,20,26-27H,5-7,16-19,21-22,33H2,1-2H3. The number of amides is 1. The van der Waals surface area contributed by atoms with E-state index in [4.69, 9.17) is 20.2 Å². The topological polar surface area (TPSA) is 95.5 Å². The van der Waals surface area contributed by atoms with Gasteiger partial charge in [-0.25, -0.2) is 9.97 Å². The van der Waals surface area contributed by atoms with Crippen LogP contribution in [0.2, 0.25) is 0 Å². The zero-order valence-electron chi connectivity index (χ0n) is 23.5. The maximum Gasteiger partial charge on any atom is 0.224 e. The zero-order chi connectivity index (χ0) is 27.9. The molecule has 0 bridgehead atoms. The highest BCUT2D eigenvalue weighted by molar-refractivity contribution is 5.78. The van der Waals surface area contributed by atoms with Gasteiger partial charge in [-0.15, -0.1) is 0 Å². The molecule has 8 nitrogen and oxygen atoms in total. The number of piperidine rings is 1. The van der Waals surface area contributed by atoms with E-state index >= 15 is 0 Å². The summed E-state index contributed by atoms with van der Waals surface area (Å²) in [4.78, 5) is 24.5. The maximum absolute atomic E-state index is 13.3. The van der Waals surface area contributed by atoms with Crippen molar-refractivity contribution in [3.63, 3.8) is 0 Å². The second-order valence-electron chi connectivity index (χ2n) is 10.6. The lowest BCUT2D eigenvalue weighted by Crippen LogP contribution is -2.42. The van der Waals surface area contributed by atoms with Gasteiger partial charge in [0.05, 0.1) is 18.1 Å². The fourth-order valence-electron chi connectivity index (χ4n) is 5.68. The molecule has 1 aliphatic heterocycles. The predicted octanol–water partition coefficient (Wildman–Crippen LogP) is 4.81. The minimum Gasteiger partial charge on any atom is -0.481 e. The van der Waals surface area contributed by atoms with Crippen LogP contribution < -0.4 is 10.5 Å². The lowest BCUT2D eigenvalue weighted by molar-refractivity contribution is -0.132. The molecule has 2 atom stereocenters. The summed E-state index contributed by atoms with van der Waals surface area (Å²) in [5.74, 6) is 2.00. The van der Waals surface area contributed by atoms with Crippen LogP contribution in [0.15, 0.2) is 66.9 Å². The number of hydrogen-bond acceptors (Lipinski definition) is 6. The molecule has 0 aliphatic carbocycles. The van der Waals surface area contributed by atoms with E-state index in [-0.39, 0.29) is 17.9 Å². The summed E-state index contributed by atoms with van der Waals surface area (Å²) in [6.45, 7) is 3.02. The molecule has 3 heterocycles. The number of nitrogens with zero attached hydrogens (tertiary/aromatic N) is 4. The number of aromatic nitrogens is 3. The Morgan fingerprint density at radius 1 is 1.10 bits per heavy atom. The minimum atomic E-state index is -0.238. The van der Waals surface area contributed by atoms with Crippen LogP contribution in [-0.2, 0) is 22.5 Å². The van der Waals surface area contributed by atoms with Crippen molar-refractivity contribution >= 4 is 16.9 Å². The van der Waals surface area contributed by atoms with Gasteiger partial charge in [0.25, 0.3) is 0 Å². The van der Waals surface area contributed by atoms with Gasteiger partial charge in [-0.05, 0) is 60.6 Å². The van der Waals surface area contributed by atoms with Gasteiger partial charge >= 0.3 is 0 Å². The third-order valence-corrected chi connectivity index (χ3v) is 7.72. The van der Waals surface area contributed by atoms with Crippen LogP contribution in [0, 0.1) is 0 Å². The van der Waals surface area contributed by atoms with Crippen LogP contribution in [0.3, 0.4) is 0 Å². The number of nitrogens with two attached hydrogens (primary N) is 1. The molecule has 2 aromatic heterocycles. The Balaban J connectivity index is 1.20. The molecule has 1 fully saturated rings. The number of fused-ring (bicyclic) bond motifs is 1. The molecule has 0 spiro atoms. The average molecular weight is 542 g/mol. The molecule has 1 aliphatic rings. The van der Waals surface area contributed by atoms with Crippen molar-refractivity contribution in [1.82, 2.24) is 19.4 Å². The molecule has 0 saturated carbocycles. The van der Waals surface area contributed by atoms with Gasteiger partial charge in [0, 0.05) is 64.0 Å². The number of benzene rings is 2. The maximum atomic E-state index is 13.3. The molecule has 2 N–H and O–H groups in total. The van der Waals surface area contributed by atoms with E-state index in [0.29, 0.717) is 31.9 Å². The first kappa shape index (κ1) is 27.8. The van der Waals surface area contributed by atoms with E-state index in [9.17, 15) is 4.79 Å². The summed E-state index contributed by atoms with van der Waals surface area (Å²) >= 11 is 0. The highest BCUT2D eigenvalue weighted by Crippen LogP contribution is 2.30. The van der Waals surface area contributed by atoms with Crippen molar-refractivity contribution in [2.24, 2.45) is 5.73 Å². The Kier molecular flexibility index (Phi) is 9.08. The fourth-order valence-corrected chi connectivity index (χ4v) is 5.68. The third kappa shape index (κ3) is 6.51. The average Bonchev–Trinajstić information content (AvgIpc) is 3.36.